The van der Waals surface area contributed by atoms with Crippen LogP contribution in [0.4, 0.5) is 0 Å². The minimum Gasteiger partial charge on any atom is -0.493 e. The van der Waals surface area contributed by atoms with Crippen LogP contribution < -0.4 is 4.74 Å². The maximum absolute atomic E-state index is 5.83. The minimum atomic E-state index is 0.654. The van der Waals surface area contributed by atoms with Gasteiger partial charge in [-0.15, -0.1) is 0 Å². The molecule has 4 heteroatoms. The third-order valence-electron chi connectivity index (χ3n) is 3.15. The number of aromatic amines is 1. The van der Waals surface area contributed by atoms with Crippen LogP contribution in [0, 0.1) is 11.6 Å². The van der Waals surface area contributed by atoms with Crippen molar-refractivity contribution in [1.29, 1.82) is 0 Å². The molecule has 1 heterocycles. The van der Waals surface area contributed by atoms with Gasteiger partial charge in [0.15, 0.2) is 0 Å². The summed E-state index contributed by atoms with van der Waals surface area (Å²) in [4.78, 5) is 7.77. The van der Waals surface area contributed by atoms with Gasteiger partial charge in [0.2, 0.25) is 0 Å². The first-order valence-corrected chi connectivity index (χ1v) is 7.40. The fraction of sp³-hybridized carbons (Fsp3) is 0.375. The Morgan fingerprint density at radius 2 is 2.00 bits per heavy atom. The zero-order chi connectivity index (χ0) is 14.5. The monoisotopic (exact) mass is 288 g/mol. The average molecular weight is 288 g/mol. The number of aromatic nitrogens is 2. The zero-order valence-electron chi connectivity index (χ0n) is 12.2. The van der Waals surface area contributed by atoms with E-state index >= 15 is 0 Å². The molecule has 1 aromatic heterocycles. The molecule has 0 saturated carbocycles. The van der Waals surface area contributed by atoms with Crippen molar-refractivity contribution < 1.29 is 4.74 Å². The highest BCUT2D eigenvalue weighted by atomic mass is 32.1. The summed E-state index contributed by atoms with van der Waals surface area (Å²) in [5, 5.41) is 0. The van der Waals surface area contributed by atoms with E-state index in [1.165, 1.54) is 0 Å². The molecule has 1 aromatic carbocycles. The molecule has 0 bridgehead atoms. The lowest BCUT2D eigenvalue weighted by molar-refractivity contribution is 0.318. The molecule has 0 saturated heterocycles. The standard InChI is InChI=1S/C16H20N2OS/c1-4-10-19-13-9-7-6-8-12(13)15-11(3)16(20)18-14(5-2)17-15/h6-9H,4-5,10H2,1-3H3,(H,17,18,20). The highest BCUT2D eigenvalue weighted by Crippen LogP contribution is 2.31. The van der Waals surface area contributed by atoms with E-state index in [0.717, 1.165) is 41.2 Å². The second-order valence-corrected chi connectivity index (χ2v) is 5.07. The number of nitrogens with one attached hydrogen (secondary N) is 1. The van der Waals surface area contributed by atoms with Crippen molar-refractivity contribution in [2.45, 2.75) is 33.6 Å². The third-order valence-corrected chi connectivity index (χ3v) is 3.55. The SMILES string of the molecule is CCCOc1ccccc1-c1[nH]c(CC)nc(=S)c1C. The van der Waals surface area contributed by atoms with E-state index in [0.29, 0.717) is 11.2 Å². The van der Waals surface area contributed by atoms with E-state index in [-0.39, 0.29) is 0 Å². The van der Waals surface area contributed by atoms with Gasteiger partial charge in [-0.1, -0.05) is 38.2 Å². The number of rotatable bonds is 5. The maximum atomic E-state index is 5.83. The van der Waals surface area contributed by atoms with Gasteiger partial charge in [-0.3, -0.25) is 0 Å². The van der Waals surface area contributed by atoms with Gasteiger partial charge in [0.1, 0.15) is 16.2 Å². The Labute approximate surface area is 125 Å². The first kappa shape index (κ1) is 14.7. The number of H-pyrrole nitrogens is 1. The average Bonchev–Trinajstić information content (AvgIpc) is 2.48. The molecule has 0 radical (unpaired) electrons. The first-order valence-electron chi connectivity index (χ1n) is 6.99. The van der Waals surface area contributed by atoms with Gasteiger partial charge in [0.25, 0.3) is 0 Å². The van der Waals surface area contributed by atoms with Gasteiger partial charge in [0, 0.05) is 17.5 Å². The molecule has 0 spiro atoms. The second kappa shape index (κ2) is 6.66. The van der Waals surface area contributed by atoms with E-state index in [9.17, 15) is 0 Å². The summed E-state index contributed by atoms with van der Waals surface area (Å²) in [7, 11) is 0. The van der Waals surface area contributed by atoms with Gasteiger partial charge >= 0.3 is 0 Å². The Morgan fingerprint density at radius 3 is 2.70 bits per heavy atom. The van der Waals surface area contributed by atoms with Crippen LogP contribution in [-0.4, -0.2) is 16.6 Å². The summed E-state index contributed by atoms with van der Waals surface area (Å²) in [6.45, 7) is 6.87. The molecule has 0 aliphatic heterocycles. The predicted molar refractivity (Wildman–Crippen MR) is 84.8 cm³/mol. The van der Waals surface area contributed by atoms with Gasteiger partial charge in [-0.2, -0.15) is 0 Å². The number of benzene rings is 1. The number of ether oxygens (including phenoxy) is 1. The maximum Gasteiger partial charge on any atom is 0.133 e. The van der Waals surface area contributed by atoms with Crippen LogP contribution in [0.5, 0.6) is 5.75 Å². The summed E-state index contributed by atoms with van der Waals surface area (Å²) in [6, 6.07) is 8.04. The number of aryl methyl sites for hydroxylation is 1. The van der Waals surface area contributed by atoms with Crippen molar-refractivity contribution in [3.05, 3.63) is 40.3 Å². The molecule has 0 fully saturated rings. The van der Waals surface area contributed by atoms with E-state index < -0.39 is 0 Å². The van der Waals surface area contributed by atoms with Crippen LogP contribution in [0.3, 0.4) is 0 Å². The van der Waals surface area contributed by atoms with Crippen molar-refractivity contribution >= 4 is 12.2 Å². The molecule has 1 N–H and O–H groups in total. The van der Waals surface area contributed by atoms with Crippen molar-refractivity contribution in [2.24, 2.45) is 0 Å². The van der Waals surface area contributed by atoms with Crippen LogP contribution in [-0.2, 0) is 6.42 Å². The first-order chi connectivity index (χ1) is 9.67. The highest BCUT2D eigenvalue weighted by molar-refractivity contribution is 7.71. The number of hydrogen-bond donors (Lipinski definition) is 1. The Bertz CT molecular complexity index is 649. The normalized spacial score (nSPS) is 10.6. The van der Waals surface area contributed by atoms with E-state index in [1.807, 2.05) is 25.1 Å². The minimum absolute atomic E-state index is 0.654. The quantitative estimate of drug-likeness (QED) is 0.825. The summed E-state index contributed by atoms with van der Waals surface area (Å²) < 4.78 is 6.49. The Hall–Kier alpha value is -1.68. The molecule has 0 unspecified atom stereocenters. The van der Waals surface area contributed by atoms with Crippen LogP contribution in [0.15, 0.2) is 24.3 Å². The van der Waals surface area contributed by atoms with E-state index in [2.05, 4.69) is 29.9 Å². The summed E-state index contributed by atoms with van der Waals surface area (Å²) >= 11 is 5.35. The van der Waals surface area contributed by atoms with E-state index in [4.69, 9.17) is 17.0 Å². The molecule has 3 nitrogen and oxygen atoms in total. The Kier molecular flexibility index (Phi) is 4.90. The van der Waals surface area contributed by atoms with Gasteiger partial charge in [-0.05, 0) is 25.5 Å². The summed E-state index contributed by atoms with van der Waals surface area (Å²) in [6.07, 6.45) is 1.81. The van der Waals surface area contributed by atoms with Gasteiger partial charge in [-0.25, -0.2) is 4.98 Å². The smallest absolute Gasteiger partial charge is 0.133 e. The van der Waals surface area contributed by atoms with Crippen LogP contribution >= 0.6 is 12.2 Å². The third kappa shape index (κ3) is 3.07. The fourth-order valence-corrected chi connectivity index (χ4v) is 2.24. The Balaban J connectivity index is 2.56. The molecule has 20 heavy (non-hydrogen) atoms. The lowest BCUT2D eigenvalue weighted by Crippen LogP contribution is -2.02. The molecule has 0 atom stereocenters. The molecule has 0 amide bonds. The van der Waals surface area contributed by atoms with Gasteiger partial charge in [0.05, 0.1) is 12.3 Å². The van der Waals surface area contributed by atoms with Crippen LogP contribution in [0.2, 0.25) is 0 Å². The van der Waals surface area contributed by atoms with Crippen molar-refractivity contribution in [3.8, 4) is 17.0 Å². The van der Waals surface area contributed by atoms with Crippen molar-refractivity contribution in [2.75, 3.05) is 6.61 Å². The highest BCUT2D eigenvalue weighted by Gasteiger charge is 2.11. The molecule has 106 valence electrons. The number of nitrogens with zero attached hydrogens (tertiary/aromatic N) is 1. The number of para-hydroxylation sites is 1. The molecule has 2 aromatic rings. The second-order valence-electron chi connectivity index (χ2n) is 4.69. The largest absolute Gasteiger partial charge is 0.493 e. The molecular formula is C16H20N2OS. The predicted octanol–water partition coefficient (Wildman–Crippen LogP) is 4.47. The lowest BCUT2D eigenvalue weighted by atomic mass is 10.1. The Morgan fingerprint density at radius 1 is 1.25 bits per heavy atom. The van der Waals surface area contributed by atoms with Crippen LogP contribution in [0.1, 0.15) is 31.7 Å². The summed E-state index contributed by atoms with van der Waals surface area (Å²) in [5.74, 6) is 1.79. The van der Waals surface area contributed by atoms with Crippen molar-refractivity contribution in [3.63, 3.8) is 0 Å². The molecule has 0 aliphatic carbocycles. The van der Waals surface area contributed by atoms with Crippen LogP contribution in [0.25, 0.3) is 11.3 Å². The lowest BCUT2D eigenvalue weighted by Gasteiger charge is -2.14. The number of hydrogen-bond acceptors (Lipinski definition) is 3. The van der Waals surface area contributed by atoms with Crippen molar-refractivity contribution in [1.82, 2.24) is 9.97 Å². The fourth-order valence-electron chi connectivity index (χ4n) is 2.03. The van der Waals surface area contributed by atoms with E-state index in [1.54, 1.807) is 0 Å². The molecule has 2 rings (SSSR count). The van der Waals surface area contributed by atoms with Gasteiger partial charge < -0.3 is 9.72 Å². The molecule has 0 aliphatic rings. The molecular weight excluding hydrogens is 268 g/mol. The topological polar surface area (TPSA) is 37.9 Å². The summed E-state index contributed by atoms with van der Waals surface area (Å²) in [5.41, 5.74) is 3.04. The zero-order valence-corrected chi connectivity index (χ0v) is 13.0.